The zero-order valence-corrected chi connectivity index (χ0v) is 17.8. The van der Waals surface area contributed by atoms with Crippen molar-refractivity contribution in [1.82, 2.24) is 15.2 Å². The third-order valence-corrected chi connectivity index (χ3v) is 5.13. The molecular formula is C21H30N4O2S. The highest BCUT2D eigenvalue weighted by Crippen LogP contribution is 2.15. The molecule has 6 nitrogen and oxygen atoms in total. The second-order valence-corrected chi connectivity index (χ2v) is 7.75. The van der Waals surface area contributed by atoms with E-state index < -0.39 is 0 Å². The van der Waals surface area contributed by atoms with E-state index in [1.54, 1.807) is 10.3 Å². The number of anilines is 1. The molecule has 0 aliphatic heterocycles. The van der Waals surface area contributed by atoms with Crippen molar-refractivity contribution in [3.05, 3.63) is 45.9 Å². The number of aromatic nitrogens is 1. The molecule has 1 aromatic heterocycles. The largest absolute Gasteiger partial charge is 0.351 e. The van der Waals surface area contributed by atoms with Crippen LogP contribution in [0.15, 0.2) is 29.6 Å². The molecule has 152 valence electrons. The summed E-state index contributed by atoms with van der Waals surface area (Å²) >= 11 is 1.41. The Hall–Kier alpha value is -2.41. The van der Waals surface area contributed by atoms with Gasteiger partial charge in [0.1, 0.15) is 10.7 Å². The van der Waals surface area contributed by atoms with Crippen molar-refractivity contribution in [2.75, 3.05) is 18.4 Å². The Morgan fingerprint density at radius 3 is 2.50 bits per heavy atom. The number of unbranched alkanes of at least 4 members (excludes halogenated alkanes) is 2. The molecule has 0 bridgehead atoms. The predicted octanol–water partition coefficient (Wildman–Crippen LogP) is 4.82. The van der Waals surface area contributed by atoms with Crippen molar-refractivity contribution >= 4 is 29.0 Å². The van der Waals surface area contributed by atoms with Crippen LogP contribution in [0.25, 0.3) is 0 Å². The zero-order chi connectivity index (χ0) is 20.4. The maximum absolute atomic E-state index is 12.7. The second kappa shape index (κ2) is 11.4. The molecule has 1 aromatic carbocycles. The number of nitrogens with one attached hydrogen (secondary N) is 2. The van der Waals surface area contributed by atoms with Gasteiger partial charge in [-0.15, -0.1) is 11.3 Å². The Morgan fingerprint density at radius 2 is 1.82 bits per heavy atom. The predicted molar refractivity (Wildman–Crippen MR) is 115 cm³/mol. The lowest BCUT2D eigenvalue weighted by Crippen LogP contribution is -2.35. The molecule has 0 aliphatic rings. The van der Waals surface area contributed by atoms with Crippen LogP contribution < -0.4 is 10.6 Å². The summed E-state index contributed by atoms with van der Waals surface area (Å²) in [7, 11) is 0. The van der Waals surface area contributed by atoms with Gasteiger partial charge in [0.25, 0.3) is 5.91 Å². The van der Waals surface area contributed by atoms with Gasteiger partial charge in [0.05, 0.1) is 6.54 Å². The maximum Gasteiger partial charge on any atom is 0.322 e. The number of amides is 3. The topological polar surface area (TPSA) is 74.3 Å². The SMILES string of the molecule is CCCCNC(=O)c1csc(CN(CCCC)C(=O)Nc2ccc(C)cc2)n1. The van der Waals surface area contributed by atoms with E-state index >= 15 is 0 Å². The van der Waals surface area contributed by atoms with Gasteiger partial charge in [0, 0.05) is 24.2 Å². The van der Waals surface area contributed by atoms with Crippen LogP contribution in [0.5, 0.6) is 0 Å². The number of hydrogen-bond acceptors (Lipinski definition) is 4. The minimum Gasteiger partial charge on any atom is -0.351 e. The van der Waals surface area contributed by atoms with Crippen LogP contribution in [0.4, 0.5) is 10.5 Å². The minimum absolute atomic E-state index is 0.151. The van der Waals surface area contributed by atoms with E-state index in [4.69, 9.17) is 0 Å². The van der Waals surface area contributed by atoms with Crippen LogP contribution in [-0.2, 0) is 6.54 Å². The van der Waals surface area contributed by atoms with E-state index in [2.05, 4.69) is 29.5 Å². The lowest BCUT2D eigenvalue weighted by Gasteiger charge is -2.22. The molecule has 2 aromatic rings. The van der Waals surface area contributed by atoms with Crippen molar-refractivity contribution < 1.29 is 9.59 Å². The molecule has 0 unspecified atom stereocenters. The molecule has 0 aliphatic carbocycles. The molecule has 0 spiro atoms. The quantitative estimate of drug-likeness (QED) is 0.560. The number of carbonyl (C=O) groups is 2. The van der Waals surface area contributed by atoms with E-state index in [1.165, 1.54) is 11.3 Å². The minimum atomic E-state index is -0.153. The van der Waals surface area contributed by atoms with Crippen molar-refractivity contribution in [3.8, 4) is 0 Å². The van der Waals surface area contributed by atoms with Crippen LogP contribution in [-0.4, -0.2) is 34.9 Å². The lowest BCUT2D eigenvalue weighted by molar-refractivity contribution is 0.0948. The molecule has 0 radical (unpaired) electrons. The van der Waals surface area contributed by atoms with Gasteiger partial charge in [-0.2, -0.15) is 0 Å². The molecular weight excluding hydrogens is 372 g/mol. The Balaban J connectivity index is 2.00. The summed E-state index contributed by atoms with van der Waals surface area (Å²) in [6.07, 6.45) is 3.89. The zero-order valence-electron chi connectivity index (χ0n) is 17.0. The van der Waals surface area contributed by atoms with Gasteiger partial charge in [0.2, 0.25) is 0 Å². The Morgan fingerprint density at radius 1 is 1.11 bits per heavy atom. The number of carbonyl (C=O) groups excluding carboxylic acids is 2. The number of thiazole rings is 1. The van der Waals surface area contributed by atoms with E-state index in [0.29, 0.717) is 25.3 Å². The van der Waals surface area contributed by atoms with E-state index in [0.717, 1.165) is 41.9 Å². The third-order valence-electron chi connectivity index (χ3n) is 4.30. The molecule has 0 saturated carbocycles. The first-order chi connectivity index (χ1) is 13.5. The molecule has 7 heteroatoms. The molecule has 0 atom stereocenters. The highest BCUT2D eigenvalue weighted by atomic mass is 32.1. The summed E-state index contributed by atoms with van der Waals surface area (Å²) in [6, 6.07) is 7.58. The second-order valence-electron chi connectivity index (χ2n) is 6.81. The Bertz CT molecular complexity index is 758. The standard InChI is InChI=1S/C21H30N4O2S/c1-4-6-12-22-20(26)18-15-28-19(24-18)14-25(13-7-5-2)21(27)23-17-10-8-16(3)9-11-17/h8-11,15H,4-7,12-14H2,1-3H3,(H,22,26)(H,23,27). The molecule has 28 heavy (non-hydrogen) atoms. The van der Waals surface area contributed by atoms with Gasteiger partial charge in [-0.1, -0.05) is 44.4 Å². The first-order valence-electron chi connectivity index (χ1n) is 9.88. The summed E-state index contributed by atoms with van der Waals surface area (Å²) < 4.78 is 0. The smallest absolute Gasteiger partial charge is 0.322 e. The summed E-state index contributed by atoms with van der Waals surface area (Å²) in [5.41, 5.74) is 2.34. The monoisotopic (exact) mass is 402 g/mol. The molecule has 1 heterocycles. The van der Waals surface area contributed by atoms with Crippen LogP contribution in [0.2, 0.25) is 0 Å². The summed E-state index contributed by atoms with van der Waals surface area (Å²) in [5.74, 6) is -0.153. The van der Waals surface area contributed by atoms with Crippen LogP contribution in [0.1, 0.15) is 60.6 Å². The van der Waals surface area contributed by atoms with Crippen molar-refractivity contribution in [2.45, 2.75) is 53.0 Å². The van der Waals surface area contributed by atoms with Gasteiger partial charge in [-0.3, -0.25) is 4.79 Å². The normalized spacial score (nSPS) is 10.5. The number of urea groups is 1. The summed E-state index contributed by atoms with van der Waals surface area (Å²) in [5, 5.41) is 8.34. The van der Waals surface area contributed by atoms with E-state index in [-0.39, 0.29) is 11.9 Å². The summed E-state index contributed by atoms with van der Waals surface area (Å²) in [6.45, 7) is 7.88. The third kappa shape index (κ3) is 6.96. The highest BCUT2D eigenvalue weighted by molar-refractivity contribution is 7.09. The van der Waals surface area contributed by atoms with Crippen LogP contribution in [0.3, 0.4) is 0 Å². The molecule has 2 N–H and O–H groups in total. The van der Waals surface area contributed by atoms with Gasteiger partial charge < -0.3 is 15.5 Å². The Kier molecular flexibility index (Phi) is 8.94. The van der Waals surface area contributed by atoms with E-state index in [1.807, 2.05) is 31.2 Å². The number of aryl methyl sites for hydroxylation is 1. The van der Waals surface area contributed by atoms with Gasteiger partial charge >= 0.3 is 6.03 Å². The average molecular weight is 403 g/mol. The Labute approximate surface area is 171 Å². The maximum atomic E-state index is 12.7. The number of benzene rings is 1. The van der Waals surface area contributed by atoms with Crippen molar-refractivity contribution in [2.24, 2.45) is 0 Å². The molecule has 0 saturated heterocycles. The van der Waals surface area contributed by atoms with E-state index in [9.17, 15) is 9.59 Å². The van der Waals surface area contributed by atoms with Gasteiger partial charge in [-0.05, 0) is 31.9 Å². The number of hydrogen-bond donors (Lipinski definition) is 2. The van der Waals surface area contributed by atoms with Crippen LogP contribution >= 0.6 is 11.3 Å². The van der Waals surface area contributed by atoms with Crippen molar-refractivity contribution in [3.63, 3.8) is 0 Å². The van der Waals surface area contributed by atoms with Gasteiger partial charge in [-0.25, -0.2) is 9.78 Å². The molecule has 3 amide bonds. The first-order valence-corrected chi connectivity index (χ1v) is 10.8. The van der Waals surface area contributed by atoms with Crippen LogP contribution in [0, 0.1) is 6.92 Å². The lowest BCUT2D eigenvalue weighted by atomic mass is 10.2. The highest BCUT2D eigenvalue weighted by Gasteiger charge is 2.17. The number of nitrogens with zero attached hydrogens (tertiary/aromatic N) is 2. The molecule has 2 rings (SSSR count). The summed E-state index contributed by atoms with van der Waals surface area (Å²) in [4.78, 5) is 31.0. The van der Waals surface area contributed by atoms with Crippen molar-refractivity contribution in [1.29, 1.82) is 0 Å². The molecule has 0 fully saturated rings. The fourth-order valence-electron chi connectivity index (χ4n) is 2.56. The average Bonchev–Trinajstić information content (AvgIpc) is 3.15. The number of rotatable bonds is 10. The fraction of sp³-hybridized carbons (Fsp3) is 0.476. The van der Waals surface area contributed by atoms with Gasteiger partial charge in [0.15, 0.2) is 0 Å². The fourth-order valence-corrected chi connectivity index (χ4v) is 3.35. The first kappa shape index (κ1) is 21.9.